The van der Waals surface area contributed by atoms with Gasteiger partial charge in [0, 0.05) is 12.1 Å². The Bertz CT molecular complexity index is 303. The molecule has 0 amide bonds. The molecule has 0 aromatic carbocycles. The summed E-state index contributed by atoms with van der Waals surface area (Å²) in [5, 5.41) is 3.09. The highest BCUT2D eigenvalue weighted by Gasteiger charge is 2.46. The van der Waals surface area contributed by atoms with Crippen molar-refractivity contribution in [3.05, 3.63) is 0 Å². The van der Waals surface area contributed by atoms with Crippen LogP contribution in [0, 0.1) is 17.8 Å². The minimum Gasteiger partial charge on any atom is -0.329 e. The first-order valence-electron chi connectivity index (χ1n) is 5.85. The predicted molar refractivity (Wildman–Crippen MR) is 61.3 cm³/mol. The molecule has 1 rings (SSSR count). The lowest BCUT2D eigenvalue weighted by Crippen LogP contribution is -2.55. The van der Waals surface area contributed by atoms with Crippen molar-refractivity contribution in [1.82, 2.24) is 5.32 Å². The van der Waals surface area contributed by atoms with E-state index in [9.17, 15) is 13.2 Å². The van der Waals surface area contributed by atoms with Crippen molar-refractivity contribution in [2.75, 3.05) is 13.1 Å². The second-order valence-electron chi connectivity index (χ2n) is 4.60. The van der Waals surface area contributed by atoms with Crippen LogP contribution in [0.5, 0.6) is 0 Å². The zero-order valence-electron chi connectivity index (χ0n) is 10.0. The van der Waals surface area contributed by atoms with Gasteiger partial charge in [-0.3, -0.25) is 5.32 Å². The van der Waals surface area contributed by atoms with Crippen molar-refractivity contribution < 1.29 is 13.2 Å². The average Bonchev–Trinajstić information content (AvgIpc) is 2.29. The van der Waals surface area contributed by atoms with Crippen LogP contribution in [-0.4, -0.2) is 24.8 Å². The van der Waals surface area contributed by atoms with Crippen LogP contribution >= 0.6 is 0 Å². The normalized spacial score (nSPS) is 29.6. The molecule has 0 saturated heterocycles. The van der Waals surface area contributed by atoms with Crippen molar-refractivity contribution in [3.8, 4) is 11.8 Å². The second kappa shape index (κ2) is 5.74. The smallest absolute Gasteiger partial charge is 0.329 e. The molecule has 0 heterocycles. The molecule has 17 heavy (non-hydrogen) atoms. The number of nitrogens with one attached hydrogen (secondary N) is 1. The molecule has 0 bridgehead atoms. The molecule has 2 unspecified atom stereocenters. The molecular formula is C12H19F3N2. The molecule has 0 spiro atoms. The van der Waals surface area contributed by atoms with Gasteiger partial charge < -0.3 is 5.73 Å². The first-order valence-corrected chi connectivity index (χ1v) is 5.85. The molecule has 1 aliphatic carbocycles. The number of nitrogens with two attached hydrogens (primary N) is 1. The van der Waals surface area contributed by atoms with Gasteiger partial charge >= 0.3 is 6.18 Å². The van der Waals surface area contributed by atoms with Crippen LogP contribution in [0.4, 0.5) is 13.2 Å². The maximum atomic E-state index is 12.7. The Morgan fingerprint density at radius 2 is 2.18 bits per heavy atom. The van der Waals surface area contributed by atoms with Gasteiger partial charge in [0.25, 0.3) is 0 Å². The number of hydrogen-bond donors (Lipinski definition) is 2. The van der Waals surface area contributed by atoms with Crippen molar-refractivity contribution in [3.63, 3.8) is 0 Å². The molecule has 1 fully saturated rings. The van der Waals surface area contributed by atoms with Gasteiger partial charge in [-0.05, 0) is 26.2 Å². The predicted octanol–water partition coefficient (Wildman–Crippen LogP) is 2.05. The van der Waals surface area contributed by atoms with E-state index in [4.69, 9.17) is 5.73 Å². The third-order valence-corrected chi connectivity index (χ3v) is 3.43. The van der Waals surface area contributed by atoms with Gasteiger partial charge in [-0.25, -0.2) is 0 Å². The molecule has 0 aliphatic heterocycles. The van der Waals surface area contributed by atoms with E-state index in [-0.39, 0.29) is 19.4 Å². The van der Waals surface area contributed by atoms with E-state index in [0.29, 0.717) is 19.4 Å². The highest BCUT2D eigenvalue weighted by atomic mass is 19.4. The lowest BCUT2D eigenvalue weighted by molar-refractivity contribution is -0.187. The number of halogens is 3. The average molecular weight is 248 g/mol. The molecule has 0 aromatic rings. The van der Waals surface area contributed by atoms with E-state index in [1.54, 1.807) is 6.92 Å². The maximum Gasteiger partial charge on any atom is 0.391 e. The molecule has 0 radical (unpaired) electrons. The maximum absolute atomic E-state index is 12.7. The van der Waals surface area contributed by atoms with E-state index >= 15 is 0 Å². The summed E-state index contributed by atoms with van der Waals surface area (Å²) in [5.41, 5.74) is 5.05. The standard InChI is InChI=1S/C12H19F3N2/c1-2-3-7-17-11(9-16)6-4-5-10(8-11)12(13,14)15/h10,17H,4-9,16H2,1H3. The molecular weight excluding hydrogens is 229 g/mol. The monoisotopic (exact) mass is 248 g/mol. The molecule has 0 aromatic heterocycles. The molecule has 1 aliphatic rings. The molecule has 3 N–H and O–H groups in total. The van der Waals surface area contributed by atoms with E-state index < -0.39 is 17.6 Å². The lowest BCUT2D eigenvalue weighted by Gasteiger charge is -2.41. The van der Waals surface area contributed by atoms with Crippen molar-refractivity contribution in [1.29, 1.82) is 0 Å². The van der Waals surface area contributed by atoms with Gasteiger partial charge in [-0.1, -0.05) is 12.3 Å². The highest BCUT2D eigenvalue weighted by Crippen LogP contribution is 2.41. The zero-order chi connectivity index (χ0) is 12.9. The topological polar surface area (TPSA) is 38.0 Å². The first kappa shape index (κ1) is 14.3. The van der Waals surface area contributed by atoms with Crippen LogP contribution in [0.2, 0.25) is 0 Å². The Labute approximate surface area is 100 Å². The van der Waals surface area contributed by atoms with Gasteiger partial charge in [0.2, 0.25) is 0 Å². The summed E-state index contributed by atoms with van der Waals surface area (Å²) in [7, 11) is 0. The summed E-state index contributed by atoms with van der Waals surface area (Å²) < 4.78 is 38.1. The Hall–Kier alpha value is -0.730. The van der Waals surface area contributed by atoms with Crippen molar-refractivity contribution in [2.45, 2.75) is 44.3 Å². The minimum atomic E-state index is -4.11. The van der Waals surface area contributed by atoms with Crippen LogP contribution in [0.1, 0.15) is 32.6 Å². The Balaban J connectivity index is 2.67. The number of alkyl halides is 3. The van der Waals surface area contributed by atoms with E-state index in [1.807, 2.05) is 0 Å². The van der Waals surface area contributed by atoms with Gasteiger partial charge in [-0.2, -0.15) is 13.2 Å². The highest BCUT2D eigenvalue weighted by molar-refractivity contribution is 5.03. The zero-order valence-corrected chi connectivity index (χ0v) is 10.0. The summed E-state index contributed by atoms with van der Waals surface area (Å²) in [5.74, 6) is 4.29. The lowest BCUT2D eigenvalue weighted by atomic mass is 9.75. The molecule has 1 saturated carbocycles. The third-order valence-electron chi connectivity index (χ3n) is 3.43. The Morgan fingerprint density at radius 3 is 2.71 bits per heavy atom. The SMILES string of the molecule is CC#CCNC1(CN)CCCC(C(F)(F)F)C1. The molecule has 2 atom stereocenters. The summed E-state index contributed by atoms with van der Waals surface area (Å²) in [6, 6.07) is 0. The number of hydrogen-bond acceptors (Lipinski definition) is 2. The van der Waals surface area contributed by atoms with Gasteiger partial charge in [0.15, 0.2) is 0 Å². The summed E-state index contributed by atoms with van der Waals surface area (Å²) >= 11 is 0. The van der Waals surface area contributed by atoms with E-state index in [2.05, 4.69) is 17.2 Å². The van der Waals surface area contributed by atoms with Crippen molar-refractivity contribution in [2.24, 2.45) is 11.7 Å². The minimum absolute atomic E-state index is 0.0679. The molecule has 5 heteroatoms. The van der Waals surface area contributed by atoms with Gasteiger partial charge in [0.05, 0.1) is 12.5 Å². The summed E-state index contributed by atoms with van der Waals surface area (Å²) in [6.07, 6.45) is -2.57. The summed E-state index contributed by atoms with van der Waals surface area (Å²) in [6.45, 7) is 2.33. The quantitative estimate of drug-likeness (QED) is 0.750. The first-order chi connectivity index (χ1) is 7.93. The largest absolute Gasteiger partial charge is 0.391 e. The van der Waals surface area contributed by atoms with Crippen LogP contribution in [0.25, 0.3) is 0 Å². The molecule has 98 valence electrons. The Kier molecular flexibility index (Phi) is 4.84. The van der Waals surface area contributed by atoms with Crippen LogP contribution < -0.4 is 11.1 Å². The third kappa shape index (κ3) is 3.90. The van der Waals surface area contributed by atoms with Crippen LogP contribution in [0.3, 0.4) is 0 Å². The van der Waals surface area contributed by atoms with Crippen LogP contribution in [0.15, 0.2) is 0 Å². The fourth-order valence-corrected chi connectivity index (χ4v) is 2.38. The fourth-order valence-electron chi connectivity index (χ4n) is 2.38. The van der Waals surface area contributed by atoms with Gasteiger partial charge in [-0.15, -0.1) is 5.92 Å². The molecule has 2 nitrogen and oxygen atoms in total. The van der Waals surface area contributed by atoms with Crippen LogP contribution in [-0.2, 0) is 0 Å². The fraction of sp³-hybridized carbons (Fsp3) is 0.833. The van der Waals surface area contributed by atoms with E-state index in [0.717, 1.165) is 0 Å². The van der Waals surface area contributed by atoms with E-state index in [1.165, 1.54) is 0 Å². The second-order valence-corrected chi connectivity index (χ2v) is 4.60. The van der Waals surface area contributed by atoms with Gasteiger partial charge in [0.1, 0.15) is 0 Å². The number of rotatable bonds is 3. The summed E-state index contributed by atoms with van der Waals surface area (Å²) in [4.78, 5) is 0. The van der Waals surface area contributed by atoms with Crippen molar-refractivity contribution >= 4 is 0 Å². The Morgan fingerprint density at radius 1 is 1.47 bits per heavy atom.